The zero-order valence-electron chi connectivity index (χ0n) is 11.4. The average molecular weight is 294 g/mol. The van der Waals surface area contributed by atoms with Crippen LogP contribution in [0.15, 0.2) is 0 Å². The summed E-state index contributed by atoms with van der Waals surface area (Å²) in [4.78, 5) is 11.2. The first-order chi connectivity index (χ1) is 8.95. The van der Waals surface area contributed by atoms with Gasteiger partial charge in [0.05, 0.1) is 31.5 Å². The monoisotopic (exact) mass is 294 g/mol. The Balaban J connectivity index is 2.39. The number of nitrogens with zero attached hydrogens (tertiary/aromatic N) is 1. The van der Waals surface area contributed by atoms with Gasteiger partial charge in [-0.3, -0.25) is 4.79 Å². The quantitative estimate of drug-likeness (QED) is 0.618. The Kier molecular flexibility index (Phi) is 6.70. The number of hydrogen-bond acceptors (Lipinski definition) is 6. The van der Waals surface area contributed by atoms with E-state index in [1.165, 1.54) is 11.4 Å². The highest BCUT2D eigenvalue weighted by molar-refractivity contribution is 7.89. The number of esters is 1. The summed E-state index contributed by atoms with van der Waals surface area (Å²) in [6.45, 7) is 4.25. The van der Waals surface area contributed by atoms with E-state index in [1.54, 1.807) is 6.92 Å². The summed E-state index contributed by atoms with van der Waals surface area (Å²) in [5.41, 5.74) is 0. The van der Waals surface area contributed by atoms with Crippen molar-refractivity contribution in [2.45, 2.75) is 19.4 Å². The molecule has 1 N–H and O–H groups in total. The zero-order chi connectivity index (χ0) is 14.3. The third-order valence-electron chi connectivity index (χ3n) is 2.81. The summed E-state index contributed by atoms with van der Waals surface area (Å²) in [6.07, 6.45) is -0.263. The number of likely N-dealkylation sites (N-methyl/N-ethyl adjacent to an activating group) is 1. The summed E-state index contributed by atoms with van der Waals surface area (Å²) >= 11 is 0. The number of morpholine rings is 1. The summed E-state index contributed by atoms with van der Waals surface area (Å²) in [5, 5.41) is 3.14. The molecule has 0 spiro atoms. The molecular formula is C11H22N2O5S. The molecule has 0 bridgehead atoms. The second-order valence-electron chi connectivity index (χ2n) is 4.35. The van der Waals surface area contributed by atoms with Gasteiger partial charge < -0.3 is 14.8 Å². The molecule has 1 heterocycles. The molecule has 0 aromatic carbocycles. The SMILES string of the molecule is CCOC(=O)CCS(=O)(=O)N(C)CC1CNCCO1. The van der Waals surface area contributed by atoms with Crippen LogP contribution in [-0.4, -0.2) is 70.4 Å². The van der Waals surface area contributed by atoms with Crippen LogP contribution < -0.4 is 5.32 Å². The molecule has 8 heteroatoms. The molecule has 0 radical (unpaired) electrons. The first-order valence-corrected chi connectivity index (χ1v) is 7.98. The predicted octanol–water partition coefficient (Wildman–Crippen LogP) is -0.810. The first kappa shape index (κ1) is 16.4. The van der Waals surface area contributed by atoms with Crippen molar-refractivity contribution in [1.82, 2.24) is 9.62 Å². The van der Waals surface area contributed by atoms with E-state index in [0.717, 1.165) is 6.54 Å². The van der Waals surface area contributed by atoms with Crippen LogP contribution >= 0.6 is 0 Å². The second kappa shape index (κ2) is 7.78. The molecule has 0 aromatic rings. The fraction of sp³-hybridized carbons (Fsp3) is 0.909. The Morgan fingerprint density at radius 2 is 2.26 bits per heavy atom. The Labute approximate surface area is 114 Å². The molecule has 1 rings (SSSR count). The number of ether oxygens (including phenoxy) is 2. The van der Waals surface area contributed by atoms with Gasteiger partial charge in [0.15, 0.2) is 0 Å². The molecule has 1 aliphatic rings. The van der Waals surface area contributed by atoms with Crippen LogP contribution in [0.1, 0.15) is 13.3 Å². The Morgan fingerprint density at radius 3 is 2.84 bits per heavy atom. The second-order valence-corrected chi connectivity index (χ2v) is 6.54. The maximum atomic E-state index is 12.0. The van der Waals surface area contributed by atoms with Crippen molar-refractivity contribution in [1.29, 1.82) is 0 Å². The largest absolute Gasteiger partial charge is 0.466 e. The number of rotatable bonds is 7. The lowest BCUT2D eigenvalue weighted by molar-refractivity contribution is -0.142. The van der Waals surface area contributed by atoms with E-state index in [0.29, 0.717) is 13.2 Å². The van der Waals surface area contributed by atoms with Gasteiger partial charge in [-0.25, -0.2) is 12.7 Å². The van der Waals surface area contributed by atoms with Gasteiger partial charge in [-0.2, -0.15) is 0 Å². The number of hydrogen-bond donors (Lipinski definition) is 1. The molecule has 0 saturated carbocycles. The molecule has 112 valence electrons. The van der Waals surface area contributed by atoms with Gasteiger partial charge in [-0.1, -0.05) is 0 Å². The van der Waals surface area contributed by atoms with Crippen LogP contribution in [0.4, 0.5) is 0 Å². The van der Waals surface area contributed by atoms with E-state index in [2.05, 4.69) is 5.32 Å². The van der Waals surface area contributed by atoms with E-state index >= 15 is 0 Å². The fourth-order valence-corrected chi connectivity index (χ4v) is 2.87. The normalized spacial score (nSPS) is 20.5. The lowest BCUT2D eigenvalue weighted by atomic mass is 10.3. The third kappa shape index (κ3) is 5.85. The minimum absolute atomic E-state index is 0.121. The minimum Gasteiger partial charge on any atom is -0.466 e. The molecule has 1 aliphatic heterocycles. The van der Waals surface area contributed by atoms with Gasteiger partial charge in [0, 0.05) is 26.7 Å². The molecule has 0 aromatic heterocycles. The smallest absolute Gasteiger partial charge is 0.306 e. The van der Waals surface area contributed by atoms with Crippen LogP contribution in [0.5, 0.6) is 0 Å². The van der Waals surface area contributed by atoms with Crippen molar-refractivity contribution in [2.24, 2.45) is 0 Å². The highest BCUT2D eigenvalue weighted by atomic mass is 32.2. The highest BCUT2D eigenvalue weighted by Gasteiger charge is 2.24. The Morgan fingerprint density at radius 1 is 1.53 bits per heavy atom. The average Bonchev–Trinajstić information content (AvgIpc) is 2.38. The molecule has 7 nitrogen and oxygen atoms in total. The van der Waals surface area contributed by atoms with E-state index in [1.807, 2.05) is 0 Å². The van der Waals surface area contributed by atoms with E-state index in [-0.39, 0.29) is 31.4 Å². The van der Waals surface area contributed by atoms with Crippen molar-refractivity contribution < 1.29 is 22.7 Å². The van der Waals surface area contributed by atoms with Crippen LogP contribution in [0.25, 0.3) is 0 Å². The molecular weight excluding hydrogens is 272 g/mol. The summed E-state index contributed by atoms with van der Waals surface area (Å²) < 4.78 is 35.3. The molecule has 1 unspecified atom stereocenters. The van der Waals surface area contributed by atoms with Crippen molar-refractivity contribution in [3.63, 3.8) is 0 Å². The summed E-state index contributed by atoms with van der Waals surface area (Å²) in [6, 6.07) is 0. The van der Waals surface area contributed by atoms with Crippen molar-refractivity contribution in [3.05, 3.63) is 0 Å². The van der Waals surface area contributed by atoms with Crippen LogP contribution in [-0.2, 0) is 24.3 Å². The minimum atomic E-state index is -3.45. The molecule has 19 heavy (non-hydrogen) atoms. The van der Waals surface area contributed by atoms with E-state index in [9.17, 15) is 13.2 Å². The summed E-state index contributed by atoms with van der Waals surface area (Å²) in [5.74, 6) is -0.724. The van der Waals surface area contributed by atoms with E-state index in [4.69, 9.17) is 9.47 Å². The number of nitrogens with one attached hydrogen (secondary N) is 1. The third-order valence-corrected chi connectivity index (χ3v) is 4.63. The van der Waals surface area contributed by atoms with Gasteiger partial charge >= 0.3 is 5.97 Å². The van der Waals surface area contributed by atoms with Crippen LogP contribution in [0, 0.1) is 0 Å². The maximum Gasteiger partial charge on any atom is 0.306 e. The maximum absolute atomic E-state index is 12.0. The zero-order valence-corrected chi connectivity index (χ0v) is 12.2. The summed E-state index contributed by atoms with van der Waals surface area (Å²) in [7, 11) is -1.95. The van der Waals surface area contributed by atoms with Crippen molar-refractivity contribution in [2.75, 3.05) is 45.6 Å². The van der Waals surface area contributed by atoms with Crippen molar-refractivity contribution >= 4 is 16.0 Å². The van der Waals surface area contributed by atoms with Gasteiger partial charge in [0.2, 0.25) is 10.0 Å². The van der Waals surface area contributed by atoms with Crippen LogP contribution in [0.3, 0.4) is 0 Å². The van der Waals surface area contributed by atoms with Crippen LogP contribution in [0.2, 0.25) is 0 Å². The standard InChI is InChI=1S/C11H22N2O5S/c1-3-17-11(14)4-7-19(15,16)13(2)9-10-8-12-5-6-18-10/h10,12H,3-9H2,1-2H3. The van der Waals surface area contributed by atoms with Gasteiger partial charge in [0.1, 0.15) is 0 Å². The molecule has 0 amide bonds. The molecule has 1 fully saturated rings. The number of carbonyl (C=O) groups is 1. The number of sulfonamides is 1. The number of carbonyl (C=O) groups excluding carboxylic acids is 1. The Bertz CT molecular complexity index is 379. The van der Waals surface area contributed by atoms with Gasteiger partial charge in [-0.15, -0.1) is 0 Å². The lowest BCUT2D eigenvalue weighted by Gasteiger charge is -2.27. The molecule has 0 aliphatic carbocycles. The molecule has 1 atom stereocenters. The van der Waals surface area contributed by atoms with E-state index < -0.39 is 16.0 Å². The molecule has 1 saturated heterocycles. The lowest BCUT2D eigenvalue weighted by Crippen LogP contribution is -2.46. The van der Waals surface area contributed by atoms with Crippen molar-refractivity contribution in [3.8, 4) is 0 Å². The van der Waals surface area contributed by atoms with Gasteiger partial charge in [0.25, 0.3) is 0 Å². The van der Waals surface area contributed by atoms with Gasteiger partial charge in [-0.05, 0) is 6.92 Å². The first-order valence-electron chi connectivity index (χ1n) is 6.37. The fourth-order valence-electron chi connectivity index (χ4n) is 1.74. The highest BCUT2D eigenvalue weighted by Crippen LogP contribution is 2.06. The topological polar surface area (TPSA) is 84.9 Å². The Hall–Kier alpha value is -0.700. The predicted molar refractivity (Wildman–Crippen MR) is 70.3 cm³/mol.